The van der Waals surface area contributed by atoms with E-state index in [2.05, 4.69) is 15.4 Å². The van der Waals surface area contributed by atoms with Gasteiger partial charge in [-0.05, 0) is 49.7 Å². The largest absolute Gasteiger partial charge is 0.350 e. The minimum atomic E-state index is -3.69. The molecule has 0 bridgehead atoms. The number of carbonyl (C=O) groups excluding carboxylic acids is 2. The van der Waals surface area contributed by atoms with Crippen LogP contribution in [0.5, 0.6) is 0 Å². The third-order valence-electron chi connectivity index (χ3n) is 4.18. The third kappa shape index (κ3) is 5.38. The van der Waals surface area contributed by atoms with Gasteiger partial charge in [0.25, 0.3) is 5.91 Å². The predicted molar refractivity (Wildman–Crippen MR) is 103 cm³/mol. The van der Waals surface area contributed by atoms with E-state index in [9.17, 15) is 18.0 Å². The monoisotopic (exact) mass is 389 g/mol. The molecule has 27 heavy (non-hydrogen) atoms. The first-order valence-electron chi connectivity index (χ1n) is 8.38. The SMILES string of the molecule is CNS(=O)(=O)c1cc(C(=O)NCC(=O)NCc2ccccc2)cc(C)c1C. The quantitative estimate of drug-likeness (QED) is 0.663. The molecule has 2 amide bonds. The van der Waals surface area contributed by atoms with E-state index in [1.165, 1.54) is 13.1 Å². The molecule has 8 heteroatoms. The summed E-state index contributed by atoms with van der Waals surface area (Å²) in [5.41, 5.74) is 2.38. The molecule has 7 nitrogen and oxygen atoms in total. The zero-order valence-electron chi connectivity index (χ0n) is 15.5. The summed E-state index contributed by atoms with van der Waals surface area (Å²) >= 11 is 0. The Labute approximate surface area is 159 Å². The molecule has 0 heterocycles. The molecule has 0 fully saturated rings. The maximum Gasteiger partial charge on any atom is 0.251 e. The Morgan fingerprint density at radius 1 is 1.00 bits per heavy atom. The topological polar surface area (TPSA) is 104 Å². The van der Waals surface area contributed by atoms with Gasteiger partial charge in [-0.1, -0.05) is 30.3 Å². The minimum absolute atomic E-state index is 0.0451. The van der Waals surface area contributed by atoms with E-state index >= 15 is 0 Å². The molecule has 0 aromatic heterocycles. The summed E-state index contributed by atoms with van der Waals surface area (Å²) in [6.07, 6.45) is 0. The van der Waals surface area contributed by atoms with Crippen LogP contribution in [0.15, 0.2) is 47.4 Å². The van der Waals surface area contributed by atoms with Crippen LogP contribution < -0.4 is 15.4 Å². The fourth-order valence-corrected chi connectivity index (χ4v) is 3.53. The zero-order chi connectivity index (χ0) is 20.0. The number of amides is 2. The van der Waals surface area contributed by atoms with Gasteiger partial charge in [0, 0.05) is 12.1 Å². The van der Waals surface area contributed by atoms with Crippen LogP contribution in [0.3, 0.4) is 0 Å². The summed E-state index contributed by atoms with van der Waals surface area (Å²) in [4.78, 5) is 24.3. The van der Waals surface area contributed by atoms with Gasteiger partial charge in [-0.15, -0.1) is 0 Å². The van der Waals surface area contributed by atoms with Crippen LogP contribution in [-0.2, 0) is 21.4 Å². The van der Waals surface area contributed by atoms with Gasteiger partial charge in [-0.25, -0.2) is 13.1 Å². The smallest absolute Gasteiger partial charge is 0.251 e. The van der Waals surface area contributed by atoms with Crippen molar-refractivity contribution in [2.75, 3.05) is 13.6 Å². The van der Waals surface area contributed by atoms with Crippen LogP contribution in [0.25, 0.3) is 0 Å². The summed E-state index contributed by atoms with van der Waals surface area (Å²) in [5.74, 6) is -0.848. The molecule has 2 rings (SSSR count). The first-order chi connectivity index (χ1) is 12.7. The highest BCUT2D eigenvalue weighted by molar-refractivity contribution is 7.89. The molecule has 0 saturated carbocycles. The van der Waals surface area contributed by atoms with Crippen molar-refractivity contribution in [3.63, 3.8) is 0 Å². The Morgan fingerprint density at radius 2 is 1.67 bits per heavy atom. The molecule has 0 aliphatic carbocycles. The average molecular weight is 389 g/mol. The summed E-state index contributed by atoms with van der Waals surface area (Å²) in [6, 6.07) is 12.3. The fourth-order valence-electron chi connectivity index (χ4n) is 2.47. The second-order valence-corrected chi connectivity index (χ2v) is 7.92. The molecule has 2 aromatic rings. The van der Waals surface area contributed by atoms with Gasteiger partial charge < -0.3 is 10.6 Å². The van der Waals surface area contributed by atoms with E-state index in [4.69, 9.17) is 0 Å². The number of nitrogens with one attached hydrogen (secondary N) is 3. The number of benzene rings is 2. The molecule has 0 spiro atoms. The van der Waals surface area contributed by atoms with Crippen LogP contribution in [0.4, 0.5) is 0 Å². The van der Waals surface area contributed by atoms with E-state index in [1.807, 2.05) is 30.3 Å². The van der Waals surface area contributed by atoms with Crippen LogP contribution in [0, 0.1) is 13.8 Å². The van der Waals surface area contributed by atoms with Crippen molar-refractivity contribution in [3.05, 3.63) is 64.7 Å². The van der Waals surface area contributed by atoms with Crippen molar-refractivity contribution in [1.29, 1.82) is 0 Å². The molecule has 2 aromatic carbocycles. The molecule has 3 N–H and O–H groups in total. The predicted octanol–water partition coefficient (Wildman–Crippen LogP) is 1.26. The molecule has 0 atom stereocenters. The van der Waals surface area contributed by atoms with E-state index in [1.54, 1.807) is 19.9 Å². The lowest BCUT2D eigenvalue weighted by atomic mass is 10.1. The van der Waals surface area contributed by atoms with Crippen molar-refractivity contribution in [1.82, 2.24) is 15.4 Å². The second-order valence-electron chi connectivity index (χ2n) is 6.07. The van der Waals surface area contributed by atoms with E-state index in [0.29, 0.717) is 17.7 Å². The number of rotatable bonds is 7. The molecule has 0 radical (unpaired) electrons. The lowest BCUT2D eigenvalue weighted by molar-refractivity contribution is -0.120. The summed E-state index contributed by atoms with van der Waals surface area (Å²) < 4.78 is 26.5. The van der Waals surface area contributed by atoms with E-state index in [0.717, 1.165) is 5.56 Å². The molecule has 144 valence electrons. The number of hydrogen-bond acceptors (Lipinski definition) is 4. The van der Waals surface area contributed by atoms with Crippen molar-refractivity contribution >= 4 is 21.8 Å². The Kier molecular flexibility index (Phi) is 6.70. The van der Waals surface area contributed by atoms with Crippen LogP contribution >= 0.6 is 0 Å². The number of aryl methyl sites for hydroxylation is 1. The summed E-state index contributed by atoms with van der Waals surface area (Å²) in [5, 5.41) is 5.22. The lowest BCUT2D eigenvalue weighted by Crippen LogP contribution is -2.36. The Morgan fingerprint density at radius 3 is 2.30 bits per heavy atom. The van der Waals surface area contributed by atoms with E-state index in [-0.39, 0.29) is 22.9 Å². The fraction of sp³-hybridized carbons (Fsp3) is 0.263. The minimum Gasteiger partial charge on any atom is -0.350 e. The van der Waals surface area contributed by atoms with Crippen molar-refractivity contribution in [3.8, 4) is 0 Å². The van der Waals surface area contributed by atoms with Crippen LogP contribution in [0.1, 0.15) is 27.0 Å². The zero-order valence-corrected chi connectivity index (χ0v) is 16.3. The van der Waals surface area contributed by atoms with Gasteiger partial charge in [0.05, 0.1) is 11.4 Å². The first kappa shape index (κ1) is 20.6. The molecule has 0 aliphatic heterocycles. The van der Waals surface area contributed by atoms with Gasteiger partial charge in [0.15, 0.2) is 0 Å². The highest BCUT2D eigenvalue weighted by Crippen LogP contribution is 2.20. The van der Waals surface area contributed by atoms with Gasteiger partial charge in [-0.2, -0.15) is 0 Å². The standard InChI is InChI=1S/C19H23N3O4S/c1-13-9-16(10-17(14(13)2)27(25,26)20-3)19(24)22-12-18(23)21-11-15-7-5-4-6-8-15/h4-10,20H,11-12H2,1-3H3,(H,21,23)(H,22,24). The maximum absolute atomic E-state index is 12.3. The van der Waals surface area contributed by atoms with Crippen molar-refractivity contribution < 1.29 is 18.0 Å². The maximum atomic E-state index is 12.3. The number of carbonyl (C=O) groups is 2. The molecule has 0 unspecified atom stereocenters. The number of hydrogen-bond donors (Lipinski definition) is 3. The number of sulfonamides is 1. The Bertz CT molecular complexity index is 941. The lowest BCUT2D eigenvalue weighted by Gasteiger charge is -2.12. The van der Waals surface area contributed by atoms with Crippen LogP contribution in [0.2, 0.25) is 0 Å². The van der Waals surface area contributed by atoms with Gasteiger partial charge in [-0.3, -0.25) is 9.59 Å². The molecular formula is C19H23N3O4S. The Hall–Kier alpha value is -2.71. The summed E-state index contributed by atoms with van der Waals surface area (Å²) in [6.45, 7) is 3.57. The second kappa shape index (κ2) is 8.79. The van der Waals surface area contributed by atoms with Gasteiger partial charge in [0.1, 0.15) is 0 Å². The highest BCUT2D eigenvalue weighted by atomic mass is 32.2. The van der Waals surface area contributed by atoms with Gasteiger partial charge >= 0.3 is 0 Å². The van der Waals surface area contributed by atoms with Crippen LogP contribution in [-0.4, -0.2) is 33.8 Å². The molecular weight excluding hydrogens is 366 g/mol. The molecule has 0 saturated heterocycles. The first-order valence-corrected chi connectivity index (χ1v) is 9.86. The van der Waals surface area contributed by atoms with Gasteiger partial charge in [0.2, 0.25) is 15.9 Å². The molecule has 0 aliphatic rings. The normalized spacial score (nSPS) is 11.1. The summed E-state index contributed by atoms with van der Waals surface area (Å²) in [7, 11) is -2.37. The van der Waals surface area contributed by atoms with Crippen molar-refractivity contribution in [2.24, 2.45) is 0 Å². The highest BCUT2D eigenvalue weighted by Gasteiger charge is 2.19. The van der Waals surface area contributed by atoms with Crippen molar-refractivity contribution in [2.45, 2.75) is 25.3 Å². The average Bonchev–Trinajstić information content (AvgIpc) is 2.67. The Balaban J connectivity index is 2.02. The third-order valence-corrected chi connectivity index (χ3v) is 5.72. The van der Waals surface area contributed by atoms with E-state index < -0.39 is 15.9 Å².